The Hall–Kier alpha value is -1.32. The van der Waals surface area contributed by atoms with Crippen LogP contribution in [-0.2, 0) is 0 Å². The van der Waals surface area contributed by atoms with E-state index in [0.29, 0.717) is 11.5 Å². The van der Waals surface area contributed by atoms with Crippen molar-refractivity contribution in [2.24, 2.45) is 5.41 Å². The summed E-state index contributed by atoms with van der Waals surface area (Å²) in [7, 11) is 0. The van der Waals surface area contributed by atoms with Crippen molar-refractivity contribution in [3.8, 4) is 0 Å². The molecule has 0 radical (unpaired) electrons. The first-order valence-corrected chi connectivity index (χ1v) is 5.86. The number of nitrogens with zero attached hydrogens (tertiary/aromatic N) is 1. The van der Waals surface area contributed by atoms with Crippen LogP contribution < -0.4 is 10.9 Å². The molecular formula is C12H19N3O. The highest BCUT2D eigenvalue weighted by atomic mass is 16.1. The van der Waals surface area contributed by atoms with Crippen molar-refractivity contribution in [3.63, 3.8) is 0 Å². The highest BCUT2D eigenvalue weighted by Gasteiger charge is 2.26. The van der Waals surface area contributed by atoms with Gasteiger partial charge in [-0.05, 0) is 31.1 Å². The molecule has 0 saturated heterocycles. The zero-order valence-electron chi connectivity index (χ0n) is 9.92. The van der Waals surface area contributed by atoms with Gasteiger partial charge in [0.05, 0.1) is 11.9 Å². The molecule has 1 aromatic heterocycles. The van der Waals surface area contributed by atoms with E-state index in [4.69, 9.17) is 0 Å². The second kappa shape index (κ2) is 4.28. The molecule has 1 aromatic rings. The lowest BCUT2D eigenvalue weighted by atomic mass is 9.75. The van der Waals surface area contributed by atoms with Crippen LogP contribution in [0, 0.1) is 5.41 Å². The monoisotopic (exact) mass is 221 g/mol. The van der Waals surface area contributed by atoms with E-state index in [2.05, 4.69) is 29.4 Å². The van der Waals surface area contributed by atoms with E-state index in [0.717, 1.165) is 5.69 Å². The Kier molecular flexibility index (Phi) is 2.99. The summed E-state index contributed by atoms with van der Waals surface area (Å²) in [6.45, 7) is 4.63. The topological polar surface area (TPSA) is 57.8 Å². The number of nitrogens with one attached hydrogen (secondary N) is 2. The molecule has 4 heteroatoms. The molecule has 4 nitrogen and oxygen atoms in total. The van der Waals surface area contributed by atoms with Crippen LogP contribution in [0.3, 0.4) is 0 Å². The normalized spacial score (nSPS) is 20.6. The third kappa shape index (κ3) is 2.84. The number of hydrogen-bond donors (Lipinski definition) is 2. The standard InChI is InChI=1S/C12H19N3O/c1-12(2)5-3-9(4-6-12)14-10-7-11(16)15-13-8-10/h7-9H,3-6H2,1-2H3,(H2,14,15,16). The van der Waals surface area contributed by atoms with Crippen molar-refractivity contribution in [2.45, 2.75) is 45.6 Å². The average molecular weight is 221 g/mol. The van der Waals surface area contributed by atoms with Gasteiger partial charge in [0.1, 0.15) is 0 Å². The van der Waals surface area contributed by atoms with Crippen LogP contribution in [0.4, 0.5) is 5.69 Å². The molecule has 88 valence electrons. The molecule has 0 unspecified atom stereocenters. The van der Waals surface area contributed by atoms with Crippen LogP contribution in [-0.4, -0.2) is 16.2 Å². The minimum atomic E-state index is -0.152. The van der Waals surface area contributed by atoms with E-state index in [1.807, 2.05) is 0 Å². The van der Waals surface area contributed by atoms with Gasteiger partial charge in [0, 0.05) is 12.1 Å². The van der Waals surface area contributed by atoms with Crippen LogP contribution in [0.25, 0.3) is 0 Å². The quantitative estimate of drug-likeness (QED) is 0.804. The second-order valence-corrected chi connectivity index (χ2v) is 5.42. The number of aromatic amines is 1. The zero-order valence-corrected chi connectivity index (χ0v) is 9.92. The Labute approximate surface area is 95.5 Å². The summed E-state index contributed by atoms with van der Waals surface area (Å²) in [5.74, 6) is 0. The molecule has 2 rings (SSSR count). The number of rotatable bonds is 2. The first kappa shape index (κ1) is 11.2. The summed E-state index contributed by atoms with van der Waals surface area (Å²) in [5.41, 5.74) is 1.15. The first-order chi connectivity index (χ1) is 7.55. The minimum absolute atomic E-state index is 0.152. The van der Waals surface area contributed by atoms with Gasteiger partial charge in [-0.2, -0.15) is 5.10 Å². The fraction of sp³-hybridized carbons (Fsp3) is 0.667. The van der Waals surface area contributed by atoms with E-state index in [9.17, 15) is 4.79 Å². The largest absolute Gasteiger partial charge is 0.381 e. The van der Waals surface area contributed by atoms with Gasteiger partial charge in [-0.15, -0.1) is 0 Å². The maximum absolute atomic E-state index is 11.1. The van der Waals surface area contributed by atoms with E-state index in [1.165, 1.54) is 25.7 Å². The van der Waals surface area contributed by atoms with Gasteiger partial charge in [0.25, 0.3) is 5.56 Å². The summed E-state index contributed by atoms with van der Waals surface area (Å²) >= 11 is 0. The Bertz CT molecular complexity index is 401. The van der Waals surface area contributed by atoms with Crippen molar-refractivity contribution in [1.82, 2.24) is 10.2 Å². The van der Waals surface area contributed by atoms with Gasteiger partial charge in [-0.1, -0.05) is 13.8 Å². The van der Waals surface area contributed by atoms with Crippen LogP contribution in [0.15, 0.2) is 17.1 Å². The van der Waals surface area contributed by atoms with E-state index in [-0.39, 0.29) is 5.56 Å². The summed E-state index contributed by atoms with van der Waals surface area (Å²) in [6.07, 6.45) is 6.48. The highest BCUT2D eigenvalue weighted by Crippen LogP contribution is 2.35. The lowest BCUT2D eigenvalue weighted by Gasteiger charge is -2.34. The fourth-order valence-electron chi connectivity index (χ4n) is 2.23. The Balaban J connectivity index is 1.94. The van der Waals surface area contributed by atoms with Gasteiger partial charge >= 0.3 is 0 Å². The Morgan fingerprint density at radius 1 is 1.44 bits per heavy atom. The molecule has 0 spiro atoms. The third-order valence-electron chi connectivity index (χ3n) is 3.37. The van der Waals surface area contributed by atoms with Crippen LogP contribution >= 0.6 is 0 Å². The maximum atomic E-state index is 11.1. The zero-order chi connectivity index (χ0) is 11.6. The fourth-order valence-corrected chi connectivity index (χ4v) is 2.23. The van der Waals surface area contributed by atoms with Crippen LogP contribution in [0.5, 0.6) is 0 Å². The van der Waals surface area contributed by atoms with Gasteiger partial charge in [-0.3, -0.25) is 4.79 Å². The molecule has 16 heavy (non-hydrogen) atoms. The summed E-state index contributed by atoms with van der Waals surface area (Å²) in [6, 6.07) is 2.05. The Morgan fingerprint density at radius 3 is 2.75 bits per heavy atom. The lowest BCUT2D eigenvalue weighted by Crippen LogP contribution is -2.30. The van der Waals surface area contributed by atoms with Crippen molar-refractivity contribution < 1.29 is 0 Å². The molecule has 1 saturated carbocycles. The second-order valence-electron chi connectivity index (χ2n) is 5.42. The van der Waals surface area contributed by atoms with E-state index < -0.39 is 0 Å². The molecule has 0 bridgehead atoms. The molecule has 1 aliphatic carbocycles. The van der Waals surface area contributed by atoms with Crippen molar-refractivity contribution in [2.75, 3.05) is 5.32 Å². The average Bonchev–Trinajstić information content (AvgIpc) is 2.21. The molecule has 0 aliphatic heterocycles. The van der Waals surface area contributed by atoms with Crippen LogP contribution in [0.1, 0.15) is 39.5 Å². The number of hydrogen-bond acceptors (Lipinski definition) is 3. The first-order valence-electron chi connectivity index (χ1n) is 5.86. The molecule has 0 amide bonds. The molecule has 2 N–H and O–H groups in total. The summed E-state index contributed by atoms with van der Waals surface area (Å²) < 4.78 is 0. The number of aromatic nitrogens is 2. The van der Waals surface area contributed by atoms with Crippen molar-refractivity contribution >= 4 is 5.69 Å². The number of anilines is 1. The summed E-state index contributed by atoms with van der Waals surface area (Å²) in [4.78, 5) is 11.1. The number of H-pyrrole nitrogens is 1. The maximum Gasteiger partial charge on any atom is 0.266 e. The minimum Gasteiger partial charge on any atom is -0.381 e. The molecule has 1 fully saturated rings. The molecular weight excluding hydrogens is 202 g/mol. The molecule has 1 aliphatic rings. The molecule has 0 aromatic carbocycles. The van der Waals surface area contributed by atoms with Gasteiger partial charge in [0.2, 0.25) is 0 Å². The van der Waals surface area contributed by atoms with Gasteiger partial charge < -0.3 is 5.32 Å². The van der Waals surface area contributed by atoms with Crippen molar-refractivity contribution in [1.29, 1.82) is 0 Å². The summed E-state index contributed by atoms with van der Waals surface area (Å²) in [5, 5.41) is 9.53. The lowest BCUT2D eigenvalue weighted by molar-refractivity contribution is 0.232. The smallest absolute Gasteiger partial charge is 0.266 e. The van der Waals surface area contributed by atoms with Gasteiger partial charge in [-0.25, -0.2) is 5.10 Å². The third-order valence-corrected chi connectivity index (χ3v) is 3.37. The molecule has 1 heterocycles. The van der Waals surface area contributed by atoms with Gasteiger partial charge in [0.15, 0.2) is 0 Å². The van der Waals surface area contributed by atoms with Crippen LogP contribution in [0.2, 0.25) is 0 Å². The predicted molar refractivity (Wildman–Crippen MR) is 64.5 cm³/mol. The van der Waals surface area contributed by atoms with E-state index in [1.54, 1.807) is 12.3 Å². The SMILES string of the molecule is CC1(C)CCC(Nc2cn[nH]c(=O)c2)CC1. The highest BCUT2D eigenvalue weighted by molar-refractivity contribution is 5.39. The van der Waals surface area contributed by atoms with E-state index >= 15 is 0 Å². The predicted octanol–water partition coefficient (Wildman–Crippen LogP) is 2.15. The Morgan fingerprint density at radius 2 is 2.12 bits per heavy atom. The molecule has 0 atom stereocenters. The van der Waals surface area contributed by atoms with Crippen molar-refractivity contribution in [3.05, 3.63) is 22.6 Å².